The van der Waals surface area contributed by atoms with Crippen LogP contribution >= 0.6 is 58.0 Å². The molecule has 4 aromatic heterocycles. The van der Waals surface area contributed by atoms with E-state index in [1.54, 1.807) is 163 Å². The van der Waals surface area contributed by atoms with Crippen molar-refractivity contribution in [1.82, 2.24) is 39.1 Å². The van der Waals surface area contributed by atoms with Crippen LogP contribution in [-0.4, -0.2) is 89.4 Å². The Morgan fingerprint density at radius 3 is 1.05 bits per heavy atom. The highest BCUT2D eigenvalue weighted by atomic mass is 35.5. The van der Waals surface area contributed by atoms with Crippen LogP contribution in [0.15, 0.2) is 164 Å². The Hall–Kier alpha value is -9.83. The van der Waals surface area contributed by atoms with E-state index in [9.17, 15) is 24.3 Å². The van der Waals surface area contributed by atoms with Gasteiger partial charge in [0, 0.05) is 92.1 Å². The van der Waals surface area contributed by atoms with E-state index in [2.05, 4.69) is 20.4 Å². The zero-order chi connectivity index (χ0) is 62.9. The Balaban J connectivity index is 0.000000140. The minimum atomic E-state index is -0.415. The number of hydrogen-bond acceptors (Lipinski definition) is 16. The third-order valence-electron chi connectivity index (χ3n) is 12.4. The number of phenols is 1. The van der Waals surface area contributed by atoms with Gasteiger partial charge in [0.15, 0.2) is 0 Å². The average Bonchev–Trinajstić information content (AvgIpc) is 2.74. The Morgan fingerprint density at radius 2 is 0.670 bits per heavy atom. The number of fused-ring (bicyclic) bond motifs is 4. The Kier molecular flexibility index (Phi) is 19.7. The van der Waals surface area contributed by atoms with E-state index in [0.717, 1.165) is 44.1 Å². The number of esters is 4. The van der Waals surface area contributed by atoms with Gasteiger partial charge >= 0.3 is 23.9 Å². The Bertz CT molecular complexity index is 4620. The molecule has 0 fully saturated rings. The predicted octanol–water partition coefficient (Wildman–Crippen LogP) is 14.8. The number of carbonyl (C=O) groups is 4. The summed E-state index contributed by atoms with van der Waals surface area (Å²) in [6, 6.07) is 41.4. The monoisotopic (exact) mass is 1280 g/mol. The van der Waals surface area contributed by atoms with Crippen molar-refractivity contribution in [1.29, 1.82) is 0 Å². The van der Waals surface area contributed by atoms with Crippen LogP contribution in [0.3, 0.4) is 0 Å². The van der Waals surface area contributed by atoms with Gasteiger partial charge in [-0.05, 0) is 121 Å². The second kappa shape index (κ2) is 27.7. The fourth-order valence-electron chi connectivity index (χ4n) is 8.56. The lowest BCUT2D eigenvalue weighted by molar-refractivity contribution is -0.132. The number of carbonyl (C=O) groups excluding carboxylic acids is 4. The molecule has 0 aliphatic heterocycles. The molecule has 25 heteroatoms. The Morgan fingerprint density at radius 1 is 0.364 bits per heavy atom. The molecule has 0 aliphatic rings. The van der Waals surface area contributed by atoms with Crippen molar-refractivity contribution in [2.75, 3.05) is 21.3 Å². The molecule has 8 aromatic carbocycles. The quantitative estimate of drug-likeness (QED) is 0.0938. The first kappa shape index (κ1) is 62.7. The van der Waals surface area contributed by atoms with Gasteiger partial charge < -0.3 is 38.3 Å². The van der Waals surface area contributed by atoms with Gasteiger partial charge in [0.1, 0.15) is 51.1 Å². The number of rotatable bonds is 11. The second-order valence-corrected chi connectivity index (χ2v) is 20.7. The number of phenolic OH excluding ortho intramolecular Hbond substituents is 1. The van der Waals surface area contributed by atoms with E-state index >= 15 is 0 Å². The van der Waals surface area contributed by atoms with E-state index in [1.807, 2.05) is 36.7 Å². The molecule has 1 N–H and O–H groups in total. The van der Waals surface area contributed by atoms with Crippen molar-refractivity contribution in [3.05, 3.63) is 189 Å². The van der Waals surface area contributed by atoms with Gasteiger partial charge in [-0.15, -0.1) is 0 Å². The van der Waals surface area contributed by atoms with Crippen molar-refractivity contribution in [2.24, 2.45) is 0 Å². The molecule has 0 aliphatic carbocycles. The third-order valence-corrected chi connectivity index (χ3v) is 14.0. The number of nitrogens with zero attached hydrogens (tertiary/aromatic N) is 8. The van der Waals surface area contributed by atoms with Crippen LogP contribution in [0.5, 0.6) is 46.0 Å². The number of hydrogen-bond donors (Lipinski definition) is 1. The van der Waals surface area contributed by atoms with E-state index < -0.39 is 11.9 Å². The van der Waals surface area contributed by atoms with Crippen molar-refractivity contribution < 1.29 is 57.4 Å². The Labute approximate surface area is 526 Å². The summed E-state index contributed by atoms with van der Waals surface area (Å²) < 4.78 is 42.1. The summed E-state index contributed by atoms with van der Waals surface area (Å²) in [5, 5.41) is 32.7. The van der Waals surface area contributed by atoms with Gasteiger partial charge in [0.05, 0.1) is 86.2 Å². The number of aromatic nitrogens is 8. The van der Waals surface area contributed by atoms with Crippen LogP contribution < -0.4 is 33.2 Å². The number of aromatic hydroxyl groups is 1. The van der Waals surface area contributed by atoms with Crippen LogP contribution in [0.2, 0.25) is 25.2 Å². The SMILES string of the molecule is CC(=O)Oc1ccc(-n2cc3cc(OC(C)=O)ccc3n2)c(Cl)c1.COc1ccc(-n2cc3cc(O)ccc3n2)c(Cl)c1.COc1ccc(-n2cc3cc(OC(C)=O)ccc3n2)c(Cl)c1.COc1ccc(-n2nc3ccc(OC(C)=O)cc3c2Cl)c(Cl)c1. The highest BCUT2D eigenvalue weighted by molar-refractivity contribution is 6.36. The maximum absolute atomic E-state index is 11.1. The van der Waals surface area contributed by atoms with Gasteiger partial charge in [-0.3, -0.25) is 19.2 Å². The van der Waals surface area contributed by atoms with E-state index in [1.165, 1.54) is 32.4 Å². The van der Waals surface area contributed by atoms with Gasteiger partial charge in [-0.2, -0.15) is 20.4 Å². The first-order valence-corrected chi connectivity index (χ1v) is 28.0. The van der Waals surface area contributed by atoms with Crippen molar-refractivity contribution in [3.8, 4) is 68.7 Å². The summed E-state index contributed by atoms with van der Waals surface area (Å²) in [7, 11) is 4.75. The van der Waals surface area contributed by atoms with Crippen LogP contribution in [0, 0.1) is 0 Å². The molecule has 0 radical (unpaired) electrons. The predicted molar refractivity (Wildman–Crippen MR) is 336 cm³/mol. The van der Waals surface area contributed by atoms with E-state index in [4.69, 9.17) is 91.2 Å². The minimum Gasteiger partial charge on any atom is -0.508 e. The lowest BCUT2D eigenvalue weighted by Gasteiger charge is -2.07. The highest BCUT2D eigenvalue weighted by Crippen LogP contribution is 2.35. The molecule has 12 rings (SSSR count). The second-order valence-electron chi connectivity index (χ2n) is 18.7. The van der Waals surface area contributed by atoms with E-state index in [0.29, 0.717) is 87.8 Å². The molecule has 0 unspecified atom stereocenters. The lowest BCUT2D eigenvalue weighted by Crippen LogP contribution is -2.02. The standard InChI is InChI=1S/C17H13ClN2O4.C16H12Cl2N2O3.C16H13ClN2O3.C14H11ClN2O2/c1-10(21)23-13-3-5-16-12(7-13)9-20(19-16)17-6-4-14(8-15(17)18)24-11(2)22;1-9(21)23-11-3-5-14-12(7-11)16(18)20(19-14)15-6-4-10(22-2)8-13(15)17;1-10(20)22-13-3-5-15-11(7-13)9-19(18-15)16-6-4-12(21-2)8-14(16)17;1-19-11-3-5-14(12(15)7-11)17-8-9-6-10(18)2-4-13(9)16-17/h3-9H,1-2H3;3-8H,1-2H3;3-9H,1-2H3;2-8,18H,1H3. The zero-order valence-electron chi connectivity index (χ0n) is 47.5. The molecule has 4 heterocycles. The van der Waals surface area contributed by atoms with Crippen LogP contribution in [0.25, 0.3) is 66.4 Å². The van der Waals surface area contributed by atoms with Crippen molar-refractivity contribution >= 4 is 125 Å². The molecular formula is C63H49Cl5N8O12. The van der Waals surface area contributed by atoms with Gasteiger partial charge in [-0.25, -0.2) is 18.7 Å². The third kappa shape index (κ3) is 15.2. The summed E-state index contributed by atoms with van der Waals surface area (Å²) in [6.45, 7) is 5.37. The summed E-state index contributed by atoms with van der Waals surface area (Å²) in [6.07, 6.45) is 5.42. The molecule has 0 bridgehead atoms. The zero-order valence-corrected chi connectivity index (χ0v) is 51.3. The number of halogens is 5. The van der Waals surface area contributed by atoms with E-state index in [-0.39, 0.29) is 17.7 Å². The van der Waals surface area contributed by atoms with Gasteiger partial charge in [0.25, 0.3) is 0 Å². The first-order valence-electron chi connectivity index (χ1n) is 26.1. The molecule has 0 saturated heterocycles. The van der Waals surface area contributed by atoms with Gasteiger partial charge in [-0.1, -0.05) is 58.0 Å². The van der Waals surface area contributed by atoms with Crippen LogP contribution in [0.4, 0.5) is 0 Å². The number of ether oxygens (including phenoxy) is 7. The fourth-order valence-corrected chi connectivity index (χ4v) is 9.86. The lowest BCUT2D eigenvalue weighted by atomic mass is 10.2. The molecule has 0 atom stereocenters. The molecule has 448 valence electrons. The maximum Gasteiger partial charge on any atom is 0.308 e. The fraction of sp³-hybridized carbons (Fsp3) is 0.111. The minimum absolute atomic E-state index is 0.216. The summed E-state index contributed by atoms with van der Waals surface area (Å²) >= 11 is 31.4. The van der Waals surface area contributed by atoms with Crippen LogP contribution in [-0.2, 0) is 19.2 Å². The van der Waals surface area contributed by atoms with Crippen LogP contribution in [0.1, 0.15) is 27.7 Å². The molecule has 12 aromatic rings. The molecule has 0 amide bonds. The first-order chi connectivity index (χ1) is 42.1. The molecule has 0 spiro atoms. The summed E-state index contributed by atoms with van der Waals surface area (Å²) in [5.41, 5.74) is 5.74. The van der Waals surface area contributed by atoms with Crippen molar-refractivity contribution in [3.63, 3.8) is 0 Å². The van der Waals surface area contributed by atoms with Gasteiger partial charge in [0.2, 0.25) is 0 Å². The van der Waals surface area contributed by atoms with Crippen molar-refractivity contribution in [2.45, 2.75) is 27.7 Å². The topological polar surface area (TPSA) is 224 Å². The highest BCUT2D eigenvalue weighted by Gasteiger charge is 2.17. The summed E-state index contributed by atoms with van der Waals surface area (Å²) in [4.78, 5) is 44.1. The molecule has 20 nitrogen and oxygen atoms in total. The molecule has 0 saturated carbocycles. The smallest absolute Gasteiger partial charge is 0.308 e. The summed E-state index contributed by atoms with van der Waals surface area (Å²) in [5.74, 6) is 2.40. The molecular weight excluding hydrogens is 1240 g/mol. The molecule has 88 heavy (non-hydrogen) atoms. The number of methoxy groups -OCH3 is 3. The normalized spacial score (nSPS) is 10.7. The number of benzene rings is 8. The maximum atomic E-state index is 11.1. The largest absolute Gasteiger partial charge is 0.508 e. The average molecular weight is 1290 g/mol.